The van der Waals surface area contributed by atoms with Crippen LogP contribution in [0, 0.1) is 12.3 Å². The summed E-state index contributed by atoms with van der Waals surface area (Å²) in [5.74, 6) is 0.339. The second-order valence-corrected chi connectivity index (χ2v) is 5.53. The molecule has 3 aromatic rings. The zero-order valence-electron chi connectivity index (χ0n) is 12.9. The Kier molecular flexibility index (Phi) is 3.73. The second-order valence-electron chi connectivity index (χ2n) is 5.53. The van der Waals surface area contributed by atoms with E-state index in [4.69, 9.17) is 11.1 Å². The molecule has 0 aliphatic heterocycles. The molecule has 0 spiro atoms. The Bertz CT molecular complexity index is 1030. The number of aromatic nitrogens is 2. The number of aryl methyl sites for hydroxylation is 1. The third-order valence-electron chi connectivity index (χ3n) is 4.08. The first-order valence-electron chi connectivity index (χ1n) is 7.26. The molecule has 0 bridgehead atoms. The van der Waals surface area contributed by atoms with Crippen molar-refractivity contribution in [2.45, 2.75) is 6.92 Å². The lowest BCUT2D eigenvalue weighted by molar-refractivity contribution is 0.102. The van der Waals surface area contributed by atoms with Gasteiger partial charge in [0.1, 0.15) is 17.2 Å². The van der Waals surface area contributed by atoms with Gasteiger partial charge in [0.2, 0.25) is 5.78 Å². The van der Waals surface area contributed by atoms with Crippen molar-refractivity contribution < 1.29 is 4.79 Å². The van der Waals surface area contributed by atoms with Crippen molar-refractivity contribution in [2.75, 3.05) is 0 Å². The van der Waals surface area contributed by atoms with E-state index in [-0.39, 0.29) is 35.3 Å². The summed E-state index contributed by atoms with van der Waals surface area (Å²) in [5.41, 5.74) is 7.61. The maximum atomic E-state index is 12.3. The quantitative estimate of drug-likeness (QED) is 0.714. The molecule has 120 valence electrons. The highest BCUT2D eigenvalue weighted by Crippen LogP contribution is 2.28. The van der Waals surface area contributed by atoms with Crippen LogP contribution in [-0.2, 0) is 0 Å². The maximum absolute atomic E-state index is 12.3. The minimum Gasteiger partial charge on any atom is -0.395 e. The average molecular weight is 339 g/mol. The molecule has 1 aliphatic carbocycles. The van der Waals surface area contributed by atoms with Gasteiger partial charge in [-0.25, -0.2) is 4.98 Å². The van der Waals surface area contributed by atoms with Crippen LogP contribution in [0.25, 0.3) is 16.5 Å². The fraction of sp³-hybridized carbons (Fsp3) is 0.0556. The standard InChI is InChI=1S/C18H14N4O.ClH/c1-10-21-16-17(13(19)9-14(20)18(16)23)22(10)15-8-4-6-11-5-2-3-7-12(11)15;/h2-9,19H,20H2,1H3;1H. The summed E-state index contributed by atoms with van der Waals surface area (Å²) < 4.78 is 1.86. The van der Waals surface area contributed by atoms with Gasteiger partial charge in [-0.2, -0.15) is 0 Å². The Labute approximate surface area is 144 Å². The highest BCUT2D eigenvalue weighted by Gasteiger charge is 2.29. The fourth-order valence-electron chi connectivity index (χ4n) is 3.06. The number of rotatable bonds is 1. The molecule has 1 heterocycles. The van der Waals surface area contributed by atoms with E-state index in [0.717, 1.165) is 16.5 Å². The number of allylic oxidation sites excluding steroid dienone is 2. The summed E-state index contributed by atoms with van der Waals surface area (Å²) in [6.07, 6.45) is 1.40. The number of hydrogen-bond donors (Lipinski definition) is 2. The third-order valence-corrected chi connectivity index (χ3v) is 4.08. The average Bonchev–Trinajstić information content (AvgIpc) is 2.90. The number of hydrogen-bond acceptors (Lipinski definition) is 4. The van der Waals surface area contributed by atoms with Gasteiger partial charge < -0.3 is 5.73 Å². The largest absolute Gasteiger partial charge is 0.395 e. The van der Waals surface area contributed by atoms with Gasteiger partial charge >= 0.3 is 0 Å². The predicted molar refractivity (Wildman–Crippen MR) is 96.5 cm³/mol. The van der Waals surface area contributed by atoms with Gasteiger partial charge in [-0.3, -0.25) is 14.8 Å². The molecular formula is C18H15ClN4O. The number of benzene rings is 2. The summed E-state index contributed by atoms with van der Waals surface area (Å²) in [6.45, 7) is 1.83. The summed E-state index contributed by atoms with van der Waals surface area (Å²) in [7, 11) is 0. The van der Waals surface area contributed by atoms with E-state index in [0.29, 0.717) is 11.5 Å². The molecule has 24 heavy (non-hydrogen) atoms. The number of imidazole rings is 1. The van der Waals surface area contributed by atoms with Crippen molar-refractivity contribution >= 4 is 34.7 Å². The van der Waals surface area contributed by atoms with E-state index >= 15 is 0 Å². The van der Waals surface area contributed by atoms with Crippen LogP contribution >= 0.6 is 12.4 Å². The van der Waals surface area contributed by atoms with Crippen LogP contribution in [0.4, 0.5) is 0 Å². The molecule has 0 radical (unpaired) electrons. The van der Waals surface area contributed by atoms with Crippen LogP contribution in [0.2, 0.25) is 0 Å². The van der Waals surface area contributed by atoms with E-state index in [1.165, 1.54) is 6.08 Å². The Morgan fingerprint density at radius 3 is 2.62 bits per heavy atom. The van der Waals surface area contributed by atoms with Crippen LogP contribution in [-0.4, -0.2) is 21.0 Å². The van der Waals surface area contributed by atoms with Crippen LogP contribution < -0.4 is 5.73 Å². The van der Waals surface area contributed by atoms with E-state index in [1.54, 1.807) is 0 Å². The zero-order valence-corrected chi connectivity index (χ0v) is 13.7. The van der Waals surface area contributed by atoms with Crippen molar-refractivity contribution in [3.63, 3.8) is 0 Å². The van der Waals surface area contributed by atoms with Gasteiger partial charge in [0.05, 0.1) is 17.1 Å². The number of nitrogens with one attached hydrogen (secondary N) is 1. The highest BCUT2D eigenvalue weighted by atomic mass is 35.5. The topological polar surface area (TPSA) is 84.8 Å². The van der Waals surface area contributed by atoms with Crippen LogP contribution in [0.15, 0.2) is 54.2 Å². The zero-order chi connectivity index (χ0) is 16.1. The first kappa shape index (κ1) is 16.0. The van der Waals surface area contributed by atoms with E-state index in [1.807, 2.05) is 54.0 Å². The minimum absolute atomic E-state index is 0. The Hall–Kier alpha value is -2.92. The minimum atomic E-state index is -0.321. The number of Topliss-reactive ketones (excluding diaryl/α,β-unsaturated/α-hetero) is 1. The van der Waals surface area contributed by atoms with Crippen molar-refractivity contribution in [2.24, 2.45) is 5.73 Å². The van der Waals surface area contributed by atoms with E-state index in [9.17, 15) is 4.79 Å². The number of carbonyl (C=O) groups is 1. The molecule has 0 unspecified atom stereocenters. The number of nitrogens with two attached hydrogens (primary N) is 1. The van der Waals surface area contributed by atoms with Gasteiger partial charge in [0, 0.05) is 5.39 Å². The summed E-state index contributed by atoms with van der Waals surface area (Å²) in [4.78, 5) is 16.6. The second kappa shape index (κ2) is 5.62. The Morgan fingerprint density at radius 2 is 1.83 bits per heavy atom. The Morgan fingerprint density at radius 1 is 1.12 bits per heavy atom. The van der Waals surface area contributed by atoms with Gasteiger partial charge in [-0.1, -0.05) is 36.4 Å². The normalized spacial score (nSPS) is 13.5. The van der Waals surface area contributed by atoms with Gasteiger partial charge in [0.15, 0.2) is 0 Å². The molecule has 0 atom stereocenters. The predicted octanol–water partition coefficient (Wildman–Crippen LogP) is 3.16. The monoisotopic (exact) mass is 338 g/mol. The van der Waals surface area contributed by atoms with Crippen molar-refractivity contribution in [1.82, 2.24) is 9.55 Å². The molecule has 5 nitrogen and oxygen atoms in total. The molecule has 0 amide bonds. The van der Waals surface area contributed by atoms with Crippen LogP contribution in [0.3, 0.4) is 0 Å². The lowest BCUT2D eigenvalue weighted by atomic mass is 10.0. The first-order chi connectivity index (χ1) is 11.1. The SMILES string of the molecule is Cc1nc2c(n1-c1cccc3ccccc13)C(=N)C=C(N)C2=O.Cl. The maximum Gasteiger partial charge on any atom is 0.229 e. The third kappa shape index (κ3) is 2.13. The fourth-order valence-corrected chi connectivity index (χ4v) is 3.06. The molecule has 2 aromatic carbocycles. The number of fused-ring (bicyclic) bond motifs is 2. The van der Waals surface area contributed by atoms with Crippen molar-refractivity contribution in [3.8, 4) is 5.69 Å². The van der Waals surface area contributed by atoms with Crippen molar-refractivity contribution in [1.29, 1.82) is 5.41 Å². The Balaban J connectivity index is 0.00000169. The van der Waals surface area contributed by atoms with Crippen molar-refractivity contribution in [3.05, 3.63) is 71.4 Å². The molecule has 3 N–H and O–H groups in total. The van der Waals surface area contributed by atoms with Gasteiger partial charge in [-0.15, -0.1) is 12.4 Å². The summed E-state index contributed by atoms with van der Waals surface area (Å²) in [5, 5.41) is 10.4. The van der Waals surface area contributed by atoms with Crippen LogP contribution in [0.1, 0.15) is 22.0 Å². The van der Waals surface area contributed by atoms with E-state index in [2.05, 4.69) is 4.98 Å². The molecule has 0 fully saturated rings. The molecule has 0 saturated heterocycles. The first-order valence-corrected chi connectivity index (χ1v) is 7.26. The van der Waals surface area contributed by atoms with Gasteiger partial charge in [0.25, 0.3) is 0 Å². The molecule has 6 heteroatoms. The number of halogens is 1. The number of carbonyl (C=O) groups excluding carboxylic acids is 1. The lowest BCUT2D eigenvalue weighted by Gasteiger charge is -2.15. The summed E-state index contributed by atoms with van der Waals surface area (Å²) in [6, 6.07) is 14.0. The number of nitrogens with zero attached hydrogens (tertiary/aromatic N) is 2. The molecular weight excluding hydrogens is 324 g/mol. The summed E-state index contributed by atoms with van der Waals surface area (Å²) >= 11 is 0. The highest BCUT2D eigenvalue weighted by molar-refractivity contribution is 6.24. The molecule has 4 rings (SSSR count). The molecule has 1 aliphatic rings. The molecule has 0 saturated carbocycles. The molecule has 1 aromatic heterocycles. The van der Waals surface area contributed by atoms with E-state index < -0.39 is 0 Å². The lowest BCUT2D eigenvalue weighted by Crippen LogP contribution is -2.23. The number of ketones is 1. The van der Waals surface area contributed by atoms with Gasteiger partial charge in [-0.05, 0) is 24.5 Å². The smallest absolute Gasteiger partial charge is 0.229 e. The van der Waals surface area contributed by atoms with Crippen LogP contribution in [0.5, 0.6) is 0 Å².